The predicted molar refractivity (Wildman–Crippen MR) is 136 cm³/mol. The van der Waals surface area contributed by atoms with Crippen LogP contribution in [0.25, 0.3) is 5.76 Å². The Hall–Kier alpha value is -3.36. The summed E-state index contributed by atoms with van der Waals surface area (Å²) in [6, 6.07) is 12.5. The van der Waals surface area contributed by atoms with E-state index >= 15 is 0 Å². The van der Waals surface area contributed by atoms with E-state index in [4.69, 9.17) is 9.47 Å². The monoisotopic (exact) mass is 494 g/mol. The minimum absolute atomic E-state index is 0.0525. The maximum atomic E-state index is 13.2. The molecule has 2 aromatic carbocycles. The molecule has 0 bridgehead atoms. The number of phenols is 1. The number of aliphatic hydroxyl groups excluding tert-OH is 1. The van der Waals surface area contributed by atoms with E-state index in [2.05, 4.69) is 11.8 Å². The van der Waals surface area contributed by atoms with E-state index in [9.17, 15) is 19.8 Å². The molecule has 8 nitrogen and oxygen atoms in total. The summed E-state index contributed by atoms with van der Waals surface area (Å²) >= 11 is 0. The van der Waals surface area contributed by atoms with Crippen LogP contribution in [0.15, 0.2) is 54.1 Å². The summed E-state index contributed by atoms with van der Waals surface area (Å²) in [7, 11) is 0. The number of Topliss-reactive ketones (excluding diaryl/α,β-unsaturated/α-hetero) is 1. The first-order valence-corrected chi connectivity index (χ1v) is 12.6. The molecule has 0 unspecified atom stereocenters. The van der Waals surface area contributed by atoms with Gasteiger partial charge in [-0.15, -0.1) is 0 Å². The zero-order chi connectivity index (χ0) is 25.5. The first-order valence-electron chi connectivity index (χ1n) is 12.6. The molecule has 1 amide bonds. The highest BCUT2D eigenvalue weighted by Crippen LogP contribution is 2.40. The number of aromatic hydroxyl groups is 1. The minimum atomic E-state index is -0.740. The van der Waals surface area contributed by atoms with Crippen molar-refractivity contribution < 1.29 is 29.3 Å². The molecule has 0 spiro atoms. The van der Waals surface area contributed by atoms with Gasteiger partial charge in [0.05, 0.1) is 31.4 Å². The number of likely N-dealkylation sites (tertiary alicyclic amines) is 1. The quantitative estimate of drug-likeness (QED) is 0.225. The molecule has 0 radical (unpaired) electrons. The molecule has 4 rings (SSSR count). The molecule has 2 heterocycles. The number of carbonyl (C=O) groups is 2. The highest BCUT2D eigenvalue weighted by atomic mass is 16.5. The van der Waals surface area contributed by atoms with Crippen molar-refractivity contribution in [1.82, 2.24) is 9.80 Å². The number of carbonyl (C=O) groups excluding carboxylic acids is 2. The van der Waals surface area contributed by atoms with Crippen molar-refractivity contribution >= 4 is 17.4 Å². The van der Waals surface area contributed by atoms with Crippen LogP contribution < -0.4 is 4.74 Å². The summed E-state index contributed by atoms with van der Waals surface area (Å²) in [6.45, 7) is 6.94. The van der Waals surface area contributed by atoms with Crippen LogP contribution in [0.5, 0.6) is 11.5 Å². The van der Waals surface area contributed by atoms with Crippen molar-refractivity contribution in [2.75, 3.05) is 46.0 Å². The Bertz CT molecular complexity index is 1070. The van der Waals surface area contributed by atoms with Gasteiger partial charge in [0.25, 0.3) is 11.7 Å². The lowest BCUT2D eigenvalue weighted by atomic mass is 9.95. The maximum Gasteiger partial charge on any atom is 0.295 e. The lowest BCUT2D eigenvalue weighted by molar-refractivity contribution is -0.140. The number of ketones is 1. The average Bonchev–Trinajstić information content (AvgIpc) is 3.15. The zero-order valence-electron chi connectivity index (χ0n) is 20.7. The molecule has 0 aromatic heterocycles. The van der Waals surface area contributed by atoms with Crippen LogP contribution in [-0.4, -0.2) is 77.7 Å². The highest BCUT2D eigenvalue weighted by Gasteiger charge is 2.45. The first-order chi connectivity index (χ1) is 17.5. The maximum absolute atomic E-state index is 13.2. The SMILES string of the molecule is CCCCOc1ccc(/C(O)=C2\C(=O)C(=O)N(CCCN3CCOCC3)[C@H]2c2ccc(O)cc2)cc1. The molecular formula is C28H34N2O6. The van der Waals surface area contributed by atoms with E-state index in [0.29, 0.717) is 49.7 Å². The van der Waals surface area contributed by atoms with Crippen LogP contribution in [0.4, 0.5) is 0 Å². The Morgan fingerprint density at radius 1 is 1.00 bits per heavy atom. The first kappa shape index (κ1) is 25.7. The number of rotatable bonds is 10. The van der Waals surface area contributed by atoms with Gasteiger partial charge in [-0.2, -0.15) is 0 Å². The number of hydrogen-bond donors (Lipinski definition) is 2. The topological polar surface area (TPSA) is 99.5 Å². The van der Waals surface area contributed by atoms with Crippen molar-refractivity contribution in [3.63, 3.8) is 0 Å². The number of phenolic OH excluding ortho intramolecular Hbond substituents is 1. The predicted octanol–water partition coefficient (Wildman–Crippen LogP) is 3.72. The number of ether oxygens (including phenoxy) is 2. The van der Waals surface area contributed by atoms with Crippen LogP contribution in [0.1, 0.15) is 43.4 Å². The Balaban J connectivity index is 1.60. The fourth-order valence-electron chi connectivity index (χ4n) is 4.60. The summed E-state index contributed by atoms with van der Waals surface area (Å²) in [5.74, 6) is -0.793. The Morgan fingerprint density at radius 2 is 1.69 bits per heavy atom. The van der Waals surface area contributed by atoms with Gasteiger partial charge in [0, 0.05) is 31.7 Å². The largest absolute Gasteiger partial charge is 0.508 e. The van der Waals surface area contributed by atoms with Gasteiger partial charge in [-0.3, -0.25) is 14.5 Å². The van der Waals surface area contributed by atoms with Crippen molar-refractivity contribution in [2.45, 2.75) is 32.2 Å². The molecule has 36 heavy (non-hydrogen) atoms. The van der Waals surface area contributed by atoms with E-state index in [1.54, 1.807) is 36.4 Å². The minimum Gasteiger partial charge on any atom is -0.508 e. The van der Waals surface area contributed by atoms with Gasteiger partial charge in [0.1, 0.15) is 17.3 Å². The van der Waals surface area contributed by atoms with Crippen LogP contribution in [0, 0.1) is 0 Å². The van der Waals surface area contributed by atoms with Gasteiger partial charge in [0.2, 0.25) is 0 Å². The molecule has 8 heteroatoms. The lowest BCUT2D eigenvalue weighted by Gasteiger charge is -2.29. The Kier molecular flexibility index (Phi) is 8.61. The second-order valence-electron chi connectivity index (χ2n) is 9.12. The van der Waals surface area contributed by atoms with E-state index in [1.165, 1.54) is 17.0 Å². The number of hydrogen-bond acceptors (Lipinski definition) is 7. The number of nitrogens with zero attached hydrogens (tertiary/aromatic N) is 2. The fraction of sp³-hybridized carbons (Fsp3) is 0.429. The van der Waals surface area contributed by atoms with Crippen LogP contribution in [0.2, 0.25) is 0 Å². The van der Waals surface area contributed by atoms with Gasteiger partial charge >= 0.3 is 0 Å². The third kappa shape index (κ3) is 5.88. The third-order valence-corrected chi connectivity index (χ3v) is 6.62. The molecule has 2 aliphatic rings. The zero-order valence-corrected chi connectivity index (χ0v) is 20.7. The average molecular weight is 495 g/mol. The van der Waals surface area contributed by atoms with Crippen molar-refractivity contribution in [3.05, 3.63) is 65.2 Å². The van der Waals surface area contributed by atoms with Crippen molar-refractivity contribution in [2.24, 2.45) is 0 Å². The molecule has 192 valence electrons. The molecule has 1 atom stereocenters. The normalized spacial score (nSPS) is 20.1. The van der Waals surface area contributed by atoms with Crippen LogP contribution >= 0.6 is 0 Å². The molecule has 2 N–H and O–H groups in total. The molecule has 0 aliphatic carbocycles. The Morgan fingerprint density at radius 3 is 2.36 bits per heavy atom. The fourth-order valence-corrected chi connectivity index (χ4v) is 4.60. The molecule has 2 saturated heterocycles. The molecule has 2 aliphatic heterocycles. The Labute approximate surface area is 211 Å². The second-order valence-corrected chi connectivity index (χ2v) is 9.12. The van der Waals surface area contributed by atoms with Crippen molar-refractivity contribution in [3.8, 4) is 11.5 Å². The van der Waals surface area contributed by atoms with Crippen LogP contribution in [0.3, 0.4) is 0 Å². The van der Waals surface area contributed by atoms with Gasteiger partial charge < -0.3 is 24.6 Å². The lowest BCUT2D eigenvalue weighted by Crippen LogP contribution is -2.38. The molecular weight excluding hydrogens is 460 g/mol. The van der Waals surface area contributed by atoms with Gasteiger partial charge in [-0.05, 0) is 54.8 Å². The standard InChI is InChI=1S/C28H34N2O6/c1-2-3-17-36-23-11-7-21(8-12-23)26(32)24-25(20-5-9-22(31)10-6-20)30(28(34)27(24)33)14-4-13-29-15-18-35-19-16-29/h5-12,25,31-32H,2-4,13-19H2,1H3/b26-24+/t25-/m0/s1. The molecule has 2 fully saturated rings. The van der Waals surface area contributed by atoms with Gasteiger partial charge in [-0.1, -0.05) is 25.5 Å². The van der Waals surface area contributed by atoms with E-state index < -0.39 is 17.7 Å². The van der Waals surface area contributed by atoms with E-state index in [-0.39, 0.29) is 17.1 Å². The third-order valence-electron chi connectivity index (χ3n) is 6.62. The van der Waals surface area contributed by atoms with E-state index in [0.717, 1.165) is 32.5 Å². The number of benzene rings is 2. The summed E-state index contributed by atoms with van der Waals surface area (Å²) in [5.41, 5.74) is 1.14. The second kappa shape index (κ2) is 12.1. The highest BCUT2D eigenvalue weighted by molar-refractivity contribution is 6.46. The summed E-state index contributed by atoms with van der Waals surface area (Å²) in [6.07, 6.45) is 2.66. The number of amides is 1. The summed E-state index contributed by atoms with van der Waals surface area (Å²) in [5, 5.41) is 21.0. The van der Waals surface area contributed by atoms with Crippen molar-refractivity contribution in [1.29, 1.82) is 0 Å². The summed E-state index contributed by atoms with van der Waals surface area (Å²) < 4.78 is 11.1. The van der Waals surface area contributed by atoms with Crippen LogP contribution in [-0.2, 0) is 14.3 Å². The number of morpholine rings is 1. The molecule has 2 aromatic rings. The number of aliphatic hydroxyl groups is 1. The molecule has 0 saturated carbocycles. The number of unbranched alkanes of at least 4 members (excludes halogenated alkanes) is 1. The van der Waals surface area contributed by atoms with Gasteiger partial charge in [0.15, 0.2) is 0 Å². The smallest absolute Gasteiger partial charge is 0.295 e. The summed E-state index contributed by atoms with van der Waals surface area (Å²) in [4.78, 5) is 30.1. The van der Waals surface area contributed by atoms with E-state index in [1.807, 2.05) is 0 Å². The van der Waals surface area contributed by atoms with Gasteiger partial charge in [-0.25, -0.2) is 0 Å².